The first-order chi connectivity index (χ1) is 12.4. The molecule has 0 fully saturated rings. The zero-order valence-corrected chi connectivity index (χ0v) is 18.9. The van der Waals surface area contributed by atoms with Crippen LogP contribution in [0.15, 0.2) is 29.2 Å². The van der Waals surface area contributed by atoms with Gasteiger partial charge in [0, 0.05) is 6.92 Å². The minimum Gasteiger partial charge on any atom is -0.459 e. The van der Waals surface area contributed by atoms with Crippen molar-refractivity contribution in [1.82, 2.24) is 0 Å². The van der Waals surface area contributed by atoms with Gasteiger partial charge in [0.2, 0.25) is 0 Å². The first-order valence-electron chi connectivity index (χ1n) is 9.14. The topological polar surface area (TPSA) is 69.7 Å². The van der Waals surface area contributed by atoms with E-state index in [1.54, 1.807) is 12.1 Å². The van der Waals surface area contributed by atoms with Crippen molar-refractivity contribution in [3.8, 4) is 11.5 Å². The molecule has 0 bridgehead atoms. The molecule has 0 aliphatic carbocycles. The lowest BCUT2D eigenvalue weighted by molar-refractivity contribution is -0.150. The first-order valence-corrected chi connectivity index (χ1v) is 14.1. The van der Waals surface area contributed by atoms with Gasteiger partial charge in [-0.1, -0.05) is 56.6 Å². The molecule has 7 heteroatoms. The summed E-state index contributed by atoms with van der Waals surface area (Å²) in [7, 11) is -5.80. The summed E-state index contributed by atoms with van der Waals surface area (Å²) in [4.78, 5) is 11.6. The monoisotopic (exact) mass is 410 g/mol. The van der Waals surface area contributed by atoms with Crippen LogP contribution in [0.5, 0.6) is 0 Å². The fourth-order valence-corrected chi connectivity index (χ4v) is 3.85. The van der Waals surface area contributed by atoms with Crippen molar-refractivity contribution < 1.29 is 22.1 Å². The Balaban J connectivity index is 3.23. The molecule has 0 aliphatic rings. The molecule has 1 aromatic carbocycles. The molecule has 5 nitrogen and oxygen atoms in total. The number of rotatable bonds is 8. The van der Waals surface area contributed by atoms with Crippen molar-refractivity contribution in [2.75, 3.05) is 0 Å². The average molecular weight is 411 g/mol. The maximum atomic E-state index is 12.7. The second kappa shape index (κ2) is 10.1. The lowest BCUT2D eigenvalue weighted by atomic mass is 10.1. The quantitative estimate of drug-likeness (QED) is 0.280. The van der Waals surface area contributed by atoms with Crippen LogP contribution in [0.1, 0.15) is 38.7 Å². The Labute approximate surface area is 164 Å². The highest BCUT2D eigenvalue weighted by atomic mass is 32.2. The van der Waals surface area contributed by atoms with Crippen molar-refractivity contribution >= 4 is 24.2 Å². The van der Waals surface area contributed by atoms with Gasteiger partial charge in [0.1, 0.15) is 14.2 Å². The fourth-order valence-electron chi connectivity index (χ4n) is 2.25. The van der Waals surface area contributed by atoms with Gasteiger partial charge in [0.25, 0.3) is 10.1 Å². The molecule has 2 unspecified atom stereocenters. The maximum Gasteiger partial charge on any atom is 0.303 e. The predicted molar refractivity (Wildman–Crippen MR) is 109 cm³/mol. The van der Waals surface area contributed by atoms with Crippen molar-refractivity contribution in [1.29, 1.82) is 0 Å². The summed E-state index contributed by atoms with van der Waals surface area (Å²) >= 11 is 0. The van der Waals surface area contributed by atoms with Gasteiger partial charge in [0.15, 0.2) is 6.10 Å². The molecular formula is C20H30O5SSi. The van der Waals surface area contributed by atoms with Gasteiger partial charge in [-0.05, 0) is 31.9 Å². The lowest BCUT2D eigenvalue weighted by Gasteiger charge is -2.23. The zero-order chi connectivity index (χ0) is 20.7. The second-order valence-electron chi connectivity index (χ2n) is 7.59. The van der Waals surface area contributed by atoms with E-state index in [0.717, 1.165) is 18.4 Å². The third kappa shape index (κ3) is 8.74. The number of carbonyl (C=O) groups excluding carboxylic acids is 1. The van der Waals surface area contributed by atoms with E-state index in [4.69, 9.17) is 8.92 Å². The first kappa shape index (κ1) is 23.4. The Bertz CT molecular complexity index is 782. The molecular weight excluding hydrogens is 380 g/mol. The molecule has 0 aliphatic heterocycles. The zero-order valence-electron chi connectivity index (χ0n) is 17.0. The number of carbonyl (C=O) groups is 1. The normalized spacial score (nSPS) is 14.0. The Morgan fingerprint density at radius 2 is 1.78 bits per heavy atom. The van der Waals surface area contributed by atoms with E-state index in [1.807, 2.05) is 13.8 Å². The van der Waals surface area contributed by atoms with Crippen LogP contribution in [0, 0.1) is 18.4 Å². The van der Waals surface area contributed by atoms with Gasteiger partial charge in [-0.3, -0.25) is 4.79 Å². The highest BCUT2D eigenvalue weighted by Gasteiger charge is 2.30. The third-order valence-corrected chi connectivity index (χ3v) is 5.83. The second-order valence-corrected chi connectivity index (χ2v) is 13.9. The minimum absolute atomic E-state index is 0.0602. The molecule has 0 heterocycles. The SMILES string of the molecule is CCCCC(OC(C)=O)C(C#C[Si](C)(C)C)OS(=O)(=O)c1ccc(C)cc1. The van der Waals surface area contributed by atoms with Crippen LogP contribution in [0.3, 0.4) is 0 Å². The summed E-state index contributed by atoms with van der Waals surface area (Å²) in [5, 5.41) is 0. The minimum atomic E-state index is -4.03. The van der Waals surface area contributed by atoms with Gasteiger partial charge in [0.05, 0.1) is 4.90 Å². The van der Waals surface area contributed by atoms with Gasteiger partial charge in [-0.25, -0.2) is 4.18 Å². The third-order valence-electron chi connectivity index (χ3n) is 3.63. The number of unbranched alkanes of at least 4 members (excludes halogenated alkanes) is 1. The van der Waals surface area contributed by atoms with E-state index >= 15 is 0 Å². The molecule has 0 radical (unpaired) electrons. The molecule has 2 atom stereocenters. The number of esters is 1. The smallest absolute Gasteiger partial charge is 0.303 e. The van der Waals surface area contributed by atoms with Gasteiger partial charge >= 0.3 is 5.97 Å². The number of benzene rings is 1. The van der Waals surface area contributed by atoms with E-state index in [-0.39, 0.29) is 4.90 Å². The van der Waals surface area contributed by atoms with E-state index in [1.165, 1.54) is 19.1 Å². The molecule has 0 saturated heterocycles. The van der Waals surface area contributed by atoms with E-state index in [2.05, 4.69) is 31.1 Å². The van der Waals surface area contributed by atoms with E-state index in [0.29, 0.717) is 6.42 Å². The summed E-state index contributed by atoms with van der Waals surface area (Å²) in [5.41, 5.74) is 4.09. The largest absolute Gasteiger partial charge is 0.459 e. The maximum absolute atomic E-state index is 12.7. The Morgan fingerprint density at radius 3 is 2.26 bits per heavy atom. The lowest BCUT2D eigenvalue weighted by Crippen LogP contribution is -2.34. The van der Waals surface area contributed by atoms with Crippen molar-refractivity contribution in [3.05, 3.63) is 29.8 Å². The van der Waals surface area contributed by atoms with Crippen LogP contribution >= 0.6 is 0 Å². The van der Waals surface area contributed by atoms with Crippen LogP contribution < -0.4 is 0 Å². The molecule has 0 aromatic heterocycles. The van der Waals surface area contributed by atoms with Crippen molar-refractivity contribution in [2.45, 2.75) is 76.8 Å². The number of hydrogen-bond acceptors (Lipinski definition) is 5. The van der Waals surface area contributed by atoms with Crippen molar-refractivity contribution in [2.24, 2.45) is 0 Å². The summed E-state index contributed by atoms with van der Waals surface area (Å²) in [6, 6.07) is 6.42. The summed E-state index contributed by atoms with van der Waals surface area (Å²) in [6.07, 6.45) is 0.392. The van der Waals surface area contributed by atoms with Crippen LogP contribution in [0.25, 0.3) is 0 Å². The standard InChI is InChI=1S/C20H30O5SSi/c1-7-8-9-19(24-17(3)21)20(14-15-27(4,5)6)25-26(22,23)18-12-10-16(2)11-13-18/h10-13,19-20H,7-9H2,1-6H3. The number of hydrogen-bond donors (Lipinski definition) is 0. The molecule has 0 spiro atoms. The molecule has 1 aromatic rings. The van der Waals surface area contributed by atoms with Crippen LogP contribution in [-0.2, 0) is 23.8 Å². The highest BCUT2D eigenvalue weighted by Crippen LogP contribution is 2.20. The molecule has 27 heavy (non-hydrogen) atoms. The molecule has 1 rings (SSSR count). The Kier molecular flexibility index (Phi) is 8.73. The molecule has 0 N–H and O–H groups in total. The predicted octanol–water partition coefficient (Wildman–Crippen LogP) is 4.07. The summed E-state index contributed by atoms with van der Waals surface area (Å²) in [6.45, 7) is 11.4. The van der Waals surface area contributed by atoms with Crippen LogP contribution in [0.4, 0.5) is 0 Å². The molecule has 0 saturated carbocycles. The average Bonchev–Trinajstić information content (AvgIpc) is 2.54. The van der Waals surface area contributed by atoms with E-state index in [9.17, 15) is 13.2 Å². The number of aryl methyl sites for hydroxylation is 1. The van der Waals surface area contributed by atoms with Gasteiger partial charge < -0.3 is 4.74 Å². The number of ether oxygens (including phenoxy) is 1. The van der Waals surface area contributed by atoms with Gasteiger partial charge in [-0.2, -0.15) is 8.42 Å². The van der Waals surface area contributed by atoms with Gasteiger partial charge in [-0.15, -0.1) is 5.54 Å². The summed E-state index contributed by atoms with van der Waals surface area (Å²) in [5.74, 6) is 2.47. The summed E-state index contributed by atoms with van der Waals surface area (Å²) < 4.78 is 36.3. The van der Waals surface area contributed by atoms with E-state index < -0.39 is 36.4 Å². The Hall–Kier alpha value is -1.62. The molecule has 150 valence electrons. The fraction of sp³-hybridized carbons (Fsp3) is 0.550. The Morgan fingerprint density at radius 1 is 1.19 bits per heavy atom. The van der Waals surface area contributed by atoms with Crippen LogP contribution in [0.2, 0.25) is 19.6 Å². The molecule has 0 amide bonds. The van der Waals surface area contributed by atoms with Crippen LogP contribution in [-0.4, -0.2) is 34.7 Å². The van der Waals surface area contributed by atoms with Crippen molar-refractivity contribution in [3.63, 3.8) is 0 Å². The highest BCUT2D eigenvalue weighted by molar-refractivity contribution is 7.86.